The van der Waals surface area contributed by atoms with E-state index in [0.717, 1.165) is 0 Å². The van der Waals surface area contributed by atoms with Crippen molar-refractivity contribution in [2.75, 3.05) is 0 Å². The molecule has 0 fully saturated rings. The Bertz CT molecular complexity index is 111. The number of rotatable bonds is 1. The summed E-state index contributed by atoms with van der Waals surface area (Å²) in [5.41, 5.74) is 4.67. The molecule has 0 aliphatic heterocycles. The first-order chi connectivity index (χ1) is 4.19. The third kappa shape index (κ3) is 1.70. The van der Waals surface area contributed by atoms with Crippen LogP contribution in [0.4, 0.5) is 0 Å². The smallest absolute Gasteiger partial charge is 0.0815 e. The number of hydrogen-bond donors (Lipinski definition) is 2. The fourth-order valence-electron chi connectivity index (χ4n) is 0.683. The molecule has 0 spiro atoms. The van der Waals surface area contributed by atoms with Crippen LogP contribution in [0.25, 0.3) is 0 Å². The molecule has 2 heteroatoms. The van der Waals surface area contributed by atoms with Gasteiger partial charge in [-0.25, -0.2) is 0 Å². The third-order valence-electron chi connectivity index (χ3n) is 2.41. The number of hydrogen-bond acceptors (Lipinski definition) is 2. The summed E-state index contributed by atoms with van der Waals surface area (Å²) in [6, 6.07) is -0.188. The summed E-state index contributed by atoms with van der Waals surface area (Å²) in [6.07, 6.45) is 0. The van der Waals surface area contributed by atoms with Gasteiger partial charge in [-0.2, -0.15) is 0 Å². The molecule has 0 heterocycles. The Hall–Kier alpha value is -0.0800. The van der Waals surface area contributed by atoms with E-state index in [4.69, 9.17) is 5.73 Å². The first-order valence-corrected chi connectivity index (χ1v) is 3.67. The van der Waals surface area contributed by atoms with Gasteiger partial charge in [0.05, 0.1) is 5.60 Å². The molecule has 0 aromatic heterocycles. The van der Waals surface area contributed by atoms with Crippen molar-refractivity contribution in [3.8, 4) is 0 Å². The minimum Gasteiger partial charge on any atom is -0.388 e. The number of aliphatic hydroxyl groups is 1. The SMILES string of the molecule is CC(N)C(C)(O)C(C)(C)C. The highest BCUT2D eigenvalue weighted by Gasteiger charge is 2.38. The normalized spacial score (nSPS) is 21.9. The van der Waals surface area contributed by atoms with Gasteiger partial charge in [-0.1, -0.05) is 20.8 Å². The van der Waals surface area contributed by atoms with Gasteiger partial charge < -0.3 is 10.8 Å². The van der Waals surface area contributed by atoms with Crippen molar-refractivity contribution in [2.45, 2.75) is 46.3 Å². The highest BCUT2D eigenvalue weighted by Crippen LogP contribution is 2.31. The zero-order chi connectivity index (χ0) is 8.58. The highest BCUT2D eigenvalue weighted by molar-refractivity contribution is 4.92. The van der Waals surface area contributed by atoms with Gasteiger partial charge in [-0.05, 0) is 19.3 Å². The zero-order valence-electron chi connectivity index (χ0n) is 7.60. The van der Waals surface area contributed by atoms with Crippen molar-refractivity contribution in [3.63, 3.8) is 0 Å². The molecule has 0 radical (unpaired) electrons. The van der Waals surface area contributed by atoms with Crippen LogP contribution in [0, 0.1) is 5.41 Å². The molecule has 10 heavy (non-hydrogen) atoms. The average Bonchev–Trinajstić information content (AvgIpc) is 1.62. The van der Waals surface area contributed by atoms with Crippen LogP contribution in [-0.2, 0) is 0 Å². The fraction of sp³-hybridized carbons (Fsp3) is 1.00. The maximum absolute atomic E-state index is 9.80. The Kier molecular flexibility index (Phi) is 2.49. The second-order valence-electron chi connectivity index (χ2n) is 4.19. The molecule has 2 unspecified atom stereocenters. The third-order valence-corrected chi connectivity index (χ3v) is 2.41. The minimum absolute atomic E-state index is 0.152. The Morgan fingerprint density at radius 2 is 1.50 bits per heavy atom. The Morgan fingerprint density at radius 3 is 1.50 bits per heavy atom. The van der Waals surface area contributed by atoms with Crippen LogP contribution in [-0.4, -0.2) is 16.7 Å². The first kappa shape index (κ1) is 9.92. The van der Waals surface area contributed by atoms with Gasteiger partial charge >= 0.3 is 0 Å². The van der Waals surface area contributed by atoms with Crippen LogP contribution >= 0.6 is 0 Å². The molecular weight excluding hydrogens is 126 g/mol. The monoisotopic (exact) mass is 145 g/mol. The van der Waals surface area contributed by atoms with E-state index in [1.54, 1.807) is 6.92 Å². The zero-order valence-corrected chi connectivity index (χ0v) is 7.60. The van der Waals surface area contributed by atoms with E-state index in [2.05, 4.69) is 0 Å². The molecule has 0 rings (SSSR count). The molecule has 0 saturated heterocycles. The molecule has 2 nitrogen and oxygen atoms in total. The first-order valence-electron chi connectivity index (χ1n) is 3.67. The van der Waals surface area contributed by atoms with Crippen LogP contribution in [0.1, 0.15) is 34.6 Å². The van der Waals surface area contributed by atoms with Crippen molar-refractivity contribution in [3.05, 3.63) is 0 Å². The topological polar surface area (TPSA) is 46.2 Å². The molecule has 0 aromatic carbocycles. The van der Waals surface area contributed by atoms with Crippen molar-refractivity contribution in [2.24, 2.45) is 11.1 Å². The lowest BCUT2D eigenvalue weighted by molar-refractivity contribution is -0.0573. The van der Waals surface area contributed by atoms with E-state index < -0.39 is 5.60 Å². The Labute approximate surface area is 63.4 Å². The predicted octanol–water partition coefficient (Wildman–Crippen LogP) is 1.13. The van der Waals surface area contributed by atoms with E-state index >= 15 is 0 Å². The summed E-state index contributed by atoms with van der Waals surface area (Å²) in [5.74, 6) is 0. The lowest BCUT2D eigenvalue weighted by Crippen LogP contribution is -2.52. The highest BCUT2D eigenvalue weighted by atomic mass is 16.3. The van der Waals surface area contributed by atoms with Crippen molar-refractivity contribution in [1.82, 2.24) is 0 Å². The van der Waals surface area contributed by atoms with Crippen LogP contribution in [0.5, 0.6) is 0 Å². The van der Waals surface area contributed by atoms with Crippen LogP contribution in [0.2, 0.25) is 0 Å². The summed E-state index contributed by atoms with van der Waals surface area (Å²) in [5, 5.41) is 9.80. The Balaban J connectivity index is 4.40. The predicted molar refractivity (Wildman–Crippen MR) is 43.7 cm³/mol. The summed E-state index contributed by atoms with van der Waals surface area (Å²) in [7, 11) is 0. The summed E-state index contributed by atoms with van der Waals surface area (Å²) >= 11 is 0. The molecule has 0 aliphatic carbocycles. The molecule has 2 atom stereocenters. The quantitative estimate of drug-likeness (QED) is 0.581. The van der Waals surface area contributed by atoms with Crippen molar-refractivity contribution >= 4 is 0 Å². The molecule has 0 amide bonds. The average molecular weight is 145 g/mol. The van der Waals surface area contributed by atoms with Gasteiger partial charge in [0.25, 0.3) is 0 Å². The minimum atomic E-state index is -0.785. The van der Waals surface area contributed by atoms with Gasteiger partial charge in [-0.15, -0.1) is 0 Å². The second kappa shape index (κ2) is 2.51. The van der Waals surface area contributed by atoms with Crippen molar-refractivity contribution in [1.29, 1.82) is 0 Å². The maximum Gasteiger partial charge on any atom is 0.0815 e. The molecule has 0 aromatic rings. The van der Waals surface area contributed by atoms with E-state index in [-0.39, 0.29) is 11.5 Å². The molecule has 0 aliphatic rings. The lowest BCUT2D eigenvalue weighted by atomic mass is 9.74. The van der Waals surface area contributed by atoms with Gasteiger partial charge in [0.2, 0.25) is 0 Å². The van der Waals surface area contributed by atoms with Gasteiger partial charge in [-0.3, -0.25) is 0 Å². The Morgan fingerprint density at radius 1 is 1.20 bits per heavy atom. The van der Waals surface area contributed by atoms with E-state index in [1.165, 1.54) is 0 Å². The van der Waals surface area contributed by atoms with E-state index in [9.17, 15) is 5.11 Å². The van der Waals surface area contributed by atoms with Crippen LogP contribution < -0.4 is 5.73 Å². The molecule has 0 saturated carbocycles. The fourth-order valence-corrected chi connectivity index (χ4v) is 0.683. The van der Waals surface area contributed by atoms with E-state index in [1.807, 2.05) is 27.7 Å². The van der Waals surface area contributed by atoms with Crippen molar-refractivity contribution < 1.29 is 5.11 Å². The molecule has 62 valence electrons. The summed E-state index contributed by atoms with van der Waals surface area (Å²) in [4.78, 5) is 0. The van der Waals surface area contributed by atoms with Crippen LogP contribution in [0.3, 0.4) is 0 Å². The second-order valence-corrected chi connectivity index (χ2v) is 4.19. The summed E-state index contributed by atoms with van der Waals surface area (Å²) in [6.45, 7) is 9.55. The number of nitrogens with two attached hydrogens (primary N) is 1. The maximum atomic E-state index is 9.80. The molecule has 0 bridgehead atoms. The van der Waals surface area contributed by atoms with E-state index in [0.29, 0.717) is 0 Å². The standard InChI is InChI=1S/C8H19NO/c1-6(9)8(5,10)7(2,3)4/h6,10H,9H2,1-5H3. The largest absolute Gasteiger partial charge is 0.388 e. The van der Waals surface area contributed by atoms with Crippen LogP contribution in [0.15, 0.2) is 0 Å². The van der Waals surface area contributed by atoms with Gasteiger partial charge in [0.15, 0.2) is 0 Å². The molecule has 3 N–H and O–H groups in total. The lowest BCUT2D eigenvalue weighted by Gasteiger charge is -2.40. The van der Waals surface area contributed by atoms with Gasteiger partial charge in [0, 0.05) is 6.04 Å². The van der Waals surface area contributed by atoms with Gasteiger partial charge in [0.1, 0.15) is 0 Å². The summed E-state index contributed by atoms with van der Waals surface area (Å²) < 4.78 is 0. The molecular formula is C8H19NO.